The number of carbonyl (C=O) groups excluding carboxylic acids is 2. The lowest BCUT2D eigenvalue weighted by Crippen LogP contribution is -2.44. The number of anilines is 1. The van der Waals surface area contributed by atoms with Crippen molar-refractivity contribution in [1.29, 1.82) is 0 Å². The van der Waals surface area contributed by atoms with Gasteiger partial charge in [0.2, 0.25) is 0 Å². The molecule has 0 heterocycles. The zero-order valence-electron chi connectivity index (χ0n) is 12.7. The number of hydrazine groups is 1. The van der Waals surface area contributed by atoms with Gasteiger partial charge < -0.3 is 10.1 Å². The van der Waals surface area contributed by atoms with Gasteiger partial charge in [-0.15, -0.1) is 0 Å². The van der Waals surface area contributed by atoms with E-state index in [0.29, 0.717) is 14.2 Å². The topological polar surface area (TPSA) is 79.5 Å². The van der Waals surface area contributed by atoms with Gasteiger partial charge in [0, 0.05) is 14.3 Å². The quantitative estimate of drug-likeness (QED) is 0.475. The van der Waals surface area contributed by atoms with Crippen molar-refractivity contribution in [2.75, 3.05) is 19.0 Å². The van der Waals surface area contributed by atoms with Crippen LogP contribution in [0.1, 0.15) is 10.4 Å². The molecule has 0 aliphatic heterocycles. The van der Waals surface area contributed by atoms with Crippen molar-refractivity contribution in [3.05, 3.63) is 56.6 Å². The molecule has 0 fully saturated rings. The van der Waals surface area contributed by atoms with Crippen LogP contribution < -0.4 is 20.9 Å². The fourth-order valence-corrected chi connectivity index (χ4v) is 2.92. The second kappa shape index (κ2) is 8.74. The molecule has 0 aliphatic carbocycles. The van der Waals surface area contributed by atoms with Gasteiger partial charge in [-0.25, -0.2) is 0 Å². The number of halogens is 2. The fraction of sp³-hybridized carbons (Fsp3) is 0.125. The minimum Gasteiger partial charge on any atom is -0.497 e. The number of methoxy groups -OCH3 is 1. The van der Waals surface area contributed by atoms with Gasteiger partial charge in [0.05, 0.1) is 19.2 Å². The van der Waals surface area contributed by atoms with Gasteiger partial charge in [-0.2, -0.15) is 0 Å². The van der Waals surface area contributed by atoms with E-state index >= 15 is 0 Å². The average molecular weight is 460 g/mol. The second-order valence-corrected chi connectivity index (χ2v) is 6.31. The molecule has 0 spiro atoms. The Bertz CT molecular complexity index is 738. The molecule has 0 saturated heterocycles. The Hall–Kier alpha value is -2.00. The van der Waals surface area contributed by atoms with Crippen LogP contribution in [0.15, 0.2) is 42.5 Å². The summed E-state index contributed by atoms with van der Waals surface area (Å²) in [6.07, 6.45) is 0. The van der Waals surface area contributed by atoms with Crippen LogP contribution in [0.3, 0.4) is 0 Å². The van der Waals surface area contributed by atoms with Gasteiger partial charge in [-0.05, 0) is 65.1 Å². The van der Waals surface area contributed by atoms with Crippen molar-refractivity contribution in [3.63, 3.8) is 0 Å². The predicted molar refractivity (Wildman–Crippen MR) is 101 cm³/mol. The number of amides is 2. The fourth-order valence-electron chi connectivity index (χ4n) is 1.80. The van der Waals surface area contributed by atoms with Crippen molar-refractivity contribution < 1.29 is 14.3 Å². The number of rotatable bonds is 5. The smallest absolute Gasteiger partial charge is 0.270 e. The van der Waals surface area contributed by atoms with E-state index in [4.69, 9.17) is 16.3 Å². The highest BCUT2D eigenvalue weighted by Crippen LogP contribution is 2.17. The molecule has 2 aromatic rings. The third kappa shape index (κ3) is 5.27. The molecule has 0 radical (unpaired) electrons. The maximum absolute atomic E-state index is 12.0. The first kappa shape index (κ1) is 18.3. The normalized spacial score (nSPS) is 9.96. The van der Waals surface area contributed by atoms with Crippen molar-refractivity contribution in [1.82, 2.24) is 10.9 Å². The molecule has 0 saturated carbocycles. The minimum atomic E-state index is -0.408. The molecule has 0 bridgehead atoms. The molecule has 2 aromatic carbocycles. The van der Waals surface area contributed by atoms with Gasteiger partial charge >= 0.3 is 0 Å². The molecule has 126 valence electrons. The van der Waals surface area contributed by atoms with Crippen molar-refractivity contribution >= 4 is 51.7 Å². The Labute approximate surface area is 158 Å². The Kier molecular flexibility index (Phi) is 6.68. The standard InChI is InChI=1S/C16H15ClIN3O3/c1-24-12-5-3-11(4-6-12)19-9-15(22)20-21-16(23)13-7-2-10(17)8-14(13)18/h2-8,19H,9H2,1H3,(H,20,22)(H,21,23). The van der Waals surface area contributed by atoms with E-state index in [-0.39, 0.29) is 12.5 Å². The molecule has 8 heteroatoms. The highest BCUT2D eigenvalue weighted by atomic mass is 127. The molecule has 24 heavy (non-hydrogen) atoms. The summed E-state index contributed by atoms with van der Waals surface area (Å²) in [6.45, 7) is 0.0182. The van der Waals surface area contributed by atoms with Gasteiger partial charge in [0.15, 0.2) is 0 Å². The highest BCUT2D eigenvalue weighted by molar-refractivity contribution is 14.1. The van der Waals surface area contributed by atoms with E-state index in [1.165, 1.54) is 0 Å². The van der Waals surface area contributed by atoms with Crippen LogP contribution in [0.2, 0.25) is 5.02 Å². The van der Waals surface area contributed by atoms with Crippen LogP contribution in [0.4, 0.5) is 5.69 Å². The summed E-state index contributed by atoms with van der Waals surface area (Å²) in [5.41, 5.74) is 5.92. The maximum Gasteiger partial charge on any atom is 0.270 e. The summed E-state index contributed by atoms with van der Waals surface area (Å²) in [4.78, 5) is 23.8. The van der Waals surface area contributed by atoms with Crippen LogP contribution in [0.25, 0.3) is 0 Å². The van der Waals surface area contributed by atoms with E-state index in [1.54, 1.807) is 49.6 Å². The number of carbonyl (C=O) groups is 2. The van der Waals surface area contributed by atoms with Gasteiger partial charge in [0.25, 0.3) is 11.8 Å². The molecule has 0 atom stereocenters. The Balaban J connectivity index is 1.80. The summed E-state index contributed by atoms with van der Waals surface area (Å²) < 4.78 is 5.75. The van der Waals surface area contributed by atoms with Crippen LogP contribution in [0.5, 0.6) is 5.75 Å². The summed E-state index contributed by atoms with van der Waals surface area (Å²) >= 11 is 7.85. The zero-order chi connectivity index (χ0) is 17.5. The van der Waals surface area contributed by atoms with E-state index in [2.05, 4.69) is 16.2 Å². The molecule has 2 amide bonds. The Morgan fingerprint density at radius 3 is 2.46 bits per heavy atom. The first-order valence-electron chi connectivity index (χ1n) is 6.92. The van der Waals surface area contributed by atoms with E-state index in [1.807, 2.05) is 22.6 Å². The number of ether oxygens (including phenoxy) is 1. The molecule has 3 N–H and O–H groups in total. The van der Waals surface area contributed by atoms with Crippen LogP contribution >= 0.6 is 34.2 Å². The highest BCUT2D eigenvalue weighted by Gasteiger charge is 2.11. The Morgan fingerprint density at radius 2 is 1.83 bits per heavy atom. The summed E-state index contributed by atoms with van der Waals surface area (Å²) in [7, 11) is 1.58. The van der Waals surface area contributed by atoms with E-state index in [9.17, 15) is 9.59 Å². The summed E-state index contributed by atoms with van der Waals surface area (Å²) in [5.74, 6) is -0.0492. The van der Waals surface area contributed by atoms with Crippen LogP contribution in [0, 0.1) is 3.57 Å². The molecule has 0 aromatic heterocycles. The van der Waals surface area contributed by atoms with Crippen LogP contribution in [-0.4, -0.2) is 25.5 Å². The summed E-state index contributed by atoms with van der Waals surface area (Å²) in [5, 5.41) is 3.49. The third-order valence-corrected chi connectivity index (χ3v) is 4.16. The predicted octanol–water partition coefficient (Wildman–Crippen LogP) is 2.83. The monoisotopic (exact) mass is 459 g/mol. The second-order valence-electron chi connectivity index (χ2n) is 4.71. The molecule has 0 unspecified atom stereocenters. The average Bonchev–Trinajstić information content (AvgIpc) is 2.58. The molecule has 6 nitrogen and oxygen atoms in total. The Morgan fingerprint density at radius 1 is 1.12 bits per heavy atom. The number of nitrogens with one attached hydrogen (secondary N) is 3. The van der Waals surface area contributed by atoms with Gasteiger partial charge in [-0.1, -0.05) is 11.6 Å². The molecular formula is C16H15ClIN3O3. The number of hydrogen-bond donors (Lipinski definition) is 3. The lowest BCUT2D eigenvalue weighted by molar-refractivity contribution is -0.120. The third-order valence-electron chi connectivity index (χ3n) is 3.03. The SMILES string of the molecule is COc1ccc(NCC(=O)NNC(=O)c2ccc(Cl)cc2I)cc1. The lowest BCUT2D eigenvalue weighted by atomic mass is 10.2. The van der Waals surface area contributed by atoms with Gasteiger partial charge in [0.1, 0.15) is 5.75 Å². The first-order valence-corrected chi connectivity index (χ1v) is 8.37. The van der Waals surface area contributed by atoms with E-state index in [0.717, 1.165) is 11.4 Å². The van der Waals surface area contributed by atoms with Gasteiger partial charge in [-0.3, -0.25) is 20.4 Å². The first-order chi connectivity index (χ1) is 11.5. The van der Waals surface area contributed by atoms with Crippen molar-refractivity contribution in [3.8, 4) is 5.75 Å². The zero-order valence-corrected chi connectivity index (χ0v) is 15.6. The minimum absolute atomic E-state index is 0.0182. The number of hydrogen-bond acceptors (Lipinski definition) is 4. The van der Waals surface area contributed by atoms with E-state index < -0.39 is 5.91 Å². The molecular weight excluding hydrogens is 445 g/mol. The van der Waals surface area contributed by atoms with Crippen LogP contribution in [-0.2, 0) is 4.79 Å². The number of benzene rings is 2. The summed E-state index contributed by atoms with van der Waals surface area (Å²) in [6, 6.07) is 12.0. The lowest BCUT2D eigenvalue weighted by Gasteiger charge is -2.10. The van der Waals surface area contributed by atoms with Crippen molar-refractivity contribution in [2.45, 2.75) is 0 Å². The largest absolute Gasteiger partial charge is 0.497 e. The molecule has 2 rings (SSSR count). The molecule has 0 aliphatic rings. The van der Waals surface area contributed by atoms with Crippen molar-refractivity contribution in [2.24, 2.45) is 0 Å². The maximum atomic E-state index is 12.0.